The molecule has 0 radical (unpaired) electrons. The average Bonchev–Trinajstić information content (AvgIpc) is 3.31. The van der Waals surface area contributed by atoms with Gasteiger partial charge >= 0.3 is 0 Å². The van der Waals surface area contributed by atoms with Gasteiger partial charge in [-0.15, -0.1) is 12.4 Å². The van der Waals surface area contributed by atoms with Crippen molar-refractivity contribution in [2.75, 3.05) is 37.8 Å². The molecular formula is C17H25ClN4O5S. The number of hydrogen-bond acceptors (Lipinski definition) is 7. The Morgan fingerprint density at radius 1 is 1.32 bits per heavy atom. The zero-order chi connectivity index (χ0) is 19.7. The molecule has 0 bridgehead atoms. The first kappa shape index (κ1) is 22.4. The third-order valence-corrected chi connectivity index (χ3v) is 6.55. The van der Waals surface area contributed by atoms with E-state index in [2.05, 4.69) is 16.0 Å². The number of halogens is 1. The highest BCUT2D eigenvalue weighted by Crippen LogP contribution is 2.58. The third kappa shape index (κ3) is 4.92. The third-order valence-electron chi connectivity index (χ3n) is 5.44. The number of sulfone groups is 1. The second-order valence-corrected chi connectivity index (χ2v) is 9.31. The molecule has 2 fully saturated rings. The summed E-state index contributed by atoms with van der Waals surface area (Å²) in [5.41, 5.74) is 0.0891. The molecule has 0 aromatic heterocycles. The van der Waals surface area contributed by atoms with Crippen LogP contribution in [0.3, 0.4) is 0 Å². The van der Waals surface area contributed by atoms with Gasteiger partial charge in [0.1, 0.15) is 5.69 Å². The fourth-order valence-corrected chi connectivity index (χ4v) is 4.39. The molecule has 1 aliphatic heterocycles. The summed E-state index contributed by atoms with van der Waals surface area (Å²) in [6.45, 7) is 2.57. The number of rotatable bonds is 7. The summed E-state index contributed by atoms with van der Waals surface area (Å²) >= 11 is 0. The van der Waals surface area contributed by atoms with Gasteiger partial charge in [0.05, 0.1) is 9.82 Å². The number of nitrogens with zero attached hydrogens (tertiary/aromatic N) is 1. The Kier molecular flexibility index (Phi) is 6.89. The van der Waals surface area contributed by atoms with E-state index in [4.69, 9.17) is 0 Å². The lowest BCUT2D eigenvalue weighted by Gasteiger charge is -2.23. The predicted molar refractivity (Wildman–Crippen MR) is 108 cm³/mol. The van der Waals surface area contributed by atoms with Crippen LogP contribution in [0.5, 0.6) is 0 Å². The summed E-state index contributed by atoms with van der Waals surface area (Å²) in [6.07, 6.45) is 4.00. The van der Waals surface area contributed by atoms with Crippen molar-refractivity contribution in [1.29, 1.82) is 0 Å². The fourth-order valence-electron chi connectivity index (χ4n) is 3.74. The summed E-state index contributed by atoms with van der Waals surface area (Å²) < 4.78 is 23.1. The van der Waals surface area contributed by atoms with Gasteiger partial charge in [0, 0.05) is 31.3 Å². The molecule has 3 N–H and O–H groups in total. The number of benzene rings is 1. The normalized spacial score (nSPS) is 20.1. The predicted octanol–water partition coefficient (Wildman–Crippen LogP) is 1.34. The molecular weight excluding hydrogens is 408 g/mol. The van der Waals surface area contributed by atoms with Crippen molar-refractivity contribution in [3.05, 3.63) is 28.3 Å². The minimum Gasteiger partial charge on any atom is -0.378 e. The fraction of sp³-hybridized carbons (Fsp3) is 0.588. The summed E-state index contributed by atoms with van der Waals surface area (Å²) in [5, 5.41) is 20.3. The van der Waals surface area contributed by atoms with Gasteiger partial charge in [-0.25, -0.2) is 8.42 Å². The lowest BCUT2D eigenvalue weighted by atomic mass is 9.92. The van der Waals surface area contributed by atoms with Crippen molar-refractivity contribution >= 4 is 39.5 Å². The number of anilines is 1. The van der Waals surface area contributed by atoms with E-state index in [9.17, 15) is 23.3 Å². The molecule has 156 valence electrons. The Labute approximate surface area is 170 Å². The van der Waals surface area contributed by atoms with Crippen LogP contribution in [0.15, 0.2) is 23.1 Å². The highest BCUT2D eigenvalue weighted by atomic mass is 35.5. The quantitative estimate of drug-likeness (QED) is 0.336. The Bertz CT molecular complexity index is 855. The highest BCUT2D eigenvalue weighted by Gasteiger charge is 2.57. The number of nitro groups is 1. The van der Waals surface area contributed by atoms with E-state index < -0.39 is 14.8 Å². The molecule has 1 heterocycles. The molecule has 3 rings (SSSR count). The Hall–Kier alpha value is -1.91. The average molecular weight is 433 g/mol. The van der Waals surface area contributed by atoms with Crippen LogP contribution in [0.2, 0.25) is 0 Å². The highest BCUT2D eigenvalue weighted by molar-refractivity contribution is 7.90. The maximum absolute atomic E-state index is 12.3. The van der Waals surface area contributed by atoms with E-state index in [1.54, 1.807) is 0 Å². The first-order valence-corrected chi connectivity index (χ1v) is 10.8. The molecule has 28 heavy (non-hydrogen) atoms. The number of nitrogens with one attached hydrogen (secondary N) is 3. The minimum atomic E-state index is -3.52. The molecule has 1 aromatic carbocycles. The number of amides is 1. The first-order valence-electron chi connectivity index (χ1n) is 8.94. The maximum atomic E-state index is 12.3. The van der Waals surface area contributed by atoms with Gasteiger partial charge in [-0.05, 0) is 49.9 Å². The molecule has 1 aromatic rings. The van der Waals surface area contributed by atoms with E-state index in [-0.39, 0.29) is 45.9 Å². The maximum Gasteiger partial charge on any atom is 0.293 e. The molecule has 1 atom stereocenters. The number of piperidine rings is 1. The van der Waals surface area contributed by atoms with E-state index in [1.807, 2.05) is 0 Å². The molecule has 2 aliphatic rings. The Balaban J connectivity index is 0.00000280. The standard InChI is InChI=1S/C17H24N4O5S.ClH/c1-27(25,26)12-2-3-14(15(10-12)21(23)24)19-8-9-20-16(22)13-11-17(13)4-6-18-7-5-17;/h2-3,10,13,18-19H,4-9,11H2,1H3,(H,20,22);1H. The van der Waals surface area contributed by atoms with Crippen LogP contribution in [-0.2, 0) is 14.6 Å². The van der Waals surface area contributed by atoms with Gasteiger partial charge in [0.2, 0.25) is 5.91 Å². The number of hydrogen-bond donors (Lipinski definition) is 3. The van der Waals surface area contributed by atoms with Crippen molar-refractivity contribution < 1.29 is 18.1 Å². The van der Waals surface area contributed by atoms with Gasteiger partial charge in [0.25, 0.3) is 5.69 Å². The number of carbonyl (C=O) groups excluding carboxylic acids is 1. The molecule has 11 heteroatoms. The summed E-state index contributed by atoms with van der Waals surface area (Å²) in [4.78, 5) is 22.8. The molecule has 1 unspecified atom stereocenters. The first-order chi connectivity index (χ1) is 12.7. The van der Waals surface area contributed by atoms with Crippen molar-refractivity contribution in [3.8, 4) is 0 Å². The van der Waals surface area contributed by atoms with E-state index in [1.165, 1.54) is 12.1 Å². The Morgan fingerprint density at radius 3 is 2.61 bits per heavy atom. The van der Waals surface area contributed by atoms with Crippen LogP contribution in [-0.4, -0.2) is 51.7 Å². The molecule has 1 aliphatic carbocycles. The lowest BCUT2D eigenvalue weighted by Crippen LogP contribution is -2.35. The number of nitro benzene ring substituents is 1. The summed E-state index contributed by atoms with van der Waals surface area (Å²) in [6, 6.07) is 3.75. The monoisotopic (exact) mass is 432 g/mol. The van der Waals surface area contributed by atoms with Gasteiger partial charge in [-0.1, -0.05) is 0 Å². The SMILES string of the molecule is CS(=O)(=O)c1ccc(NCCNC(=O)C2CC23CCNCC3)c([N+](=O)[O-])c1.Cl. The van der Waals surface area contributed by atoms with Crippen molar-refractivity contribution in [3.63, 3.8) is 0 Å². The van der Waals surface area contributed by atoms with Gasteiger partial charge in [0.15, 0.2) is 9.84 Å². The van der Waals surface area contributed by atoms with Crippen molar-refractivity contribution in [2.24, 2.45) is 11.3 Å². The zero-order valence-corrected chi connectivity index (χ0v) is 17.2. The van der Waals surface area contributed by atoms with Gasteiger partial charge in [-0.3, -0.25) is 14.9 Å². The zero-order valence-electron chi connectivity index (χ0n) is 15.6. The molecule has 1 spiro atoms. The minimum absolute atomic E-state index is 0. The molecule has 1 saturated heterocycles. The van der Waals surface area contributed by atoms with Crippen LogP contribution in [0.25, 0.3) is 0 Å². The summed E-state index contributed by atoms with van der Waals surface area (Å²) in [7, 11) is -3.52. The van der Waals surface area contributed by atoms with Crippen LogP contribution in [0, 0.1) is 21.4 Å². The van der Waals surface area contributed by atoms with Gasteiger partial charge in [-0.2, -0.15) is 0 Å². The van der Waals surface area contributed by atoms with Gasteiger partial charge < -0.3 is 16.0 Å². The second-order valence-electron chi connectivity index (χ2n) is 7.30. The summed E-state index contributed by atoms with van der Waals surface area (Å²) in [5.74, 6) is 0.114. The van der Waals surface area contributed by atoms with E-state index >= 15 is 0 Å². The van der Waals surface area contributed by atoms with E-state index in [0.29, 0.717) is 13.1 Å². The number of carbonyl (C=O) groups is 1. The van der Waals surface area contributed by atoms with Crippen molar-refractivity contribution in [1.82, 2.24) is 10.6 Å². The van der Waals surface area contributed by atoms with Crippen LogP contribution in [0.4, 0.5) is 11.4 Å². The Morgan fingerprint density at radius 2 is 2.00 bits per heavy atom. The lowest BCUT2D eigenvalue weighted by molar-refractivity contribution is -0.384. The largest absolute Gasteiger partial charge is 0.378 e. The van der Waals surface area contributed by atoms with Crippen LogP contribution < -0.4 is 16.0 Å². The van der Waals surface area contributed by atoms with Crippen LogP contribution >= 0.6 is 12.4 Å². The topological polar surface area (TPSA) is 130 Å². The molecule has 1 amide bonds. The van der Waals surface area contributed by atoms with Crippen LogP contribution in [0.1, 0.15) is 19.3 Å². The molecule has 9 nitrogen and oxygen atoms in total. The molecule has 1 saturated carbocycles. The van der Waals surface area contributed by atoms with E-state index in [0.717, 1.165) is 44.7 Å². The smallest absolute Gasteiger partial charge is 0.293 e. The second kappa shape index (κ2) is 8.62. The van der Waals surface area contributed by atoms with Crippen molar-refractivity contribution in [2.45, 2.75) is 24.2 Å².